The zero-order chi connectivity index (χ0) is 17.1. The molecule has 1 N–H and O–H groups in total. The first-order chi connectivity index (χ1) is 11.5. The topological polar surface area (TPSA) is 71.7 Å². The minimum atomic E-state index is -0.913. The van der Waals surface area contributed by atoms with Gasteiger partial charge in [-0.2, -0.15) is 4.99 Å². The first kappa shape index (κ1) is 16.6. The smallest absolute Gasteiger partial charge is 0.323 e. The Morgan fingerprint density at radius 3 is 2.58 bits per heavy atom. The van der Waals surface area contributed by atoms with Gasteiger partial charge in [-0.1, -0.05) is 24.1 Å². The van der Waals surface area contributed by atoms with Crippen LogP contribution in [0.15, 0.2) is 29.3 Å². The van der Waals surface area contributed by atoms with Crippen LogP contribution in [0.5, 0.6) is 0 Å². The van der Waals surface area contributed by atoms with E-state index in [4.69, 9.17) is 0 Å². The van der Waals surface area contributed by atoms with Gasteiger partial charge in [0.1, 0.15) is 6.54 Å². The van der Waals surface area contributed by atoms with Crippen LogP contribution < -0.4 is 4.80 Å². The van der Waals surface area contributed by atoms with Crippen molar-refractivity contribution in [1.29, 1.82) is 0 Å². The molecular formula is C18H20N2O3S. The molecule has 1 amide bonds. The van der Waals surface area contributed by atoms with E-state index in [1.54, 1.807) is 16.7 Å². The molecule has 1 aliphatic rings. The molecule has 1 heterocycles. The SMILES string of the molecule is Cc1ccc(C(=O)N=c2sc3c(n2CC(=O)O)CCCCC3)cc1. The largest absolute Gasteiger partial charge is 0.480 e. The van der Waals surface area contributed by atoms with Crippen molar-refractivity contribution >= 4 is 23.2 Å². The number of aromatic nitrogens is 1. The molecule has 24 heavy (non-hydrogen) atoms. The molecule has 5 nitrogen and oxygen atoms in total. The van der Waals surface area contributed by atoms with Crippen molar-refractivity contribution in [1.82, 2.24) is 4.57 Å². The standard InChI is InChI=1S/C18H20N2O3S/c1-12-7-9-13(10-8-12)17(23)19-18-20(11-16(21)22)14-5-3-2-4-6-15(14)24-18/h7-10H,2-6,11H2,1H3,(H,21,22). The number of hydrogen-bond donors (Lipinski definition) is 1. The average molecular weight is 344 g/mol. The highest BCUT2D eigenvalue weighted by atomic mass is 32.1. The van der Waals surface area contributed by atoms with Gasteiger partial charge in [-0.15, -0.1) is 11.3 Å². The Labute approximate surface area is 144 Å². The summed E-state index contributed by atoms with van der Waals surface area (Å²) in [4.78, 5) is 29.6. The van der Waals surface area contributed by atoms with E-state index in [9.17, 15) is 14.7 Å². The Morgan fingerprint density at radius 2 is 1.88 bits per heavy atom. The molecule has 2 aromatic rings. The van der Waals surface area contributed by atoms with Gasteiger partial charge in [0.2, 0.25) is 0 Å². The second kappa shape index (κ2) is 7.13. The van der Waals surface area contributed by atoms with Crippen molar-refractivity contribution in [2.45, 2.75) is 45.6 Å². The number of carbonyl (C=O) groups excluding carboxylic acids is 1. The summed E-state index contributed by atoms with van der Waals surface area (Å²) in [6.07, 6.45) is 5.10. The third-order valence-electron chi connectivity index (χ3n) is 4.20. The molecule has 126 valence electrons. The van der Waals surface area contributed by atoms with Crippen LogP contribution in [0, 0.1) is 6.92 Å². The zero-order valence-electron chi connectivity index (χ0n) is 13.6. The molecule has 1 aromatic heterocycles. The van der Waals surface area contributed by atoms with Crippen LogP contribution in [0.3, 0.4) is 0 Å². The highest BCUT2D eigenvalue weighted by molar-refractivity contribution is 7.09. The lowest BCUT2D eigenvalue weighted by Crippen LogP contribution is -2.23. The lowest BCUT2D eigenvalue weighted by Gasteiger charge is -2.06. The van der Waals surface area contributed by atoms with Crippen molar-refractivity contribution in [2.24, 2.45) is 4.99 Å². The average Bonchev–Trinajstić information content (AvgIpc) is 2.72. The first-order valence-electron chi connectivity index (χ1n) is 8.13. The molecule has 0 unspecified atom stereocenters. The molecule has 0 aliphatic heterocycles. The third kappa shape index (κ3) is 3.64. The summed E-state index contributed by atoms with van der Waals surface area (Å²) in [6, 6.07) is 7.25. The monoisotopic (exact) mass is 344 g/mol. The lowest BCUT2D eigenvalue weighted by molar-refractivity contribution is -0.137. The van der Waals surface area contributed by atoms with Crippen molar-refractivity contribution in [2.75, 3.05) is 0 Å². The number of aryl methyl sites for hydroxylation is 2. The van der Waals surface area contributed by atoms with Gasteiger partial charge in [-0.25, -0.2) is 0 Å². The number of carbonyl (C=O) groups is 2. The van der Waals surface area contributed by atoms with Crippen molar-refractivity contribution < 1.29 is 14.7 Å². The highest BCUT2D eigenvalue weighted by Crippen LogP contribution is 2.23. The van der Waals surface area contributed by atoms with E-state index in [0.29, 0.717) is 10.4 Å². The van der Waals surface area contributed by atoms with Crippen molar-refractivity contribution in [3.63, 3.8) is 0 Å². The number of thiazole rings is 1. The fourth-order valence-corrected chi connectivity index (χ4v) is 4.15. The summed E-state index contributed by atoms with van der Waals surface area (Å²) in [5.74, 6) is -1.24. The van der Waals surface area contributed by atoms with Gasteiger partial charge < -0.3 is 9.67 Å². The summed E-state index contributed by atoms with van der Waals surface area (Å²) in [5.41, 5.74) is 2.64. The van der Waals surface area contributed by atoms with E-state index in [1.165, 1.54) is 16.2 Å². The van der Waals surface area contributed by atoms with Gasteiger partial charge in [-0.05, 0) is 44.7 Å². The summed E-state index contributed by atoms with van der Waals surface area (Å²) < 4.78 is 1.71. The fraction of sp³-hybridized carbons (Fsp3) is 0.389. The van der Waals surface area contributed by atoms with Crippen LogP contribution in [0.25, 0.3) is 0 Å². The van der Waals surface area contributed by atoms with Crippen molar-refractivity contribution in [3.8, 4) is 0 Å². The van der Waals surface area contributed by atoms with E-state index in [-0.39, 0.29) is 12.5 Å². The number of hydrogen-bond acceptors (Lipinski definition) is 3. The summed E-state index contributed by atoms with van der Waals surface area (Å²) in [5, 5.41) is 9.22. The second-order valence-electron chi connectivity index (χ2n) is 6.08. The fourth-order valence-electron chi connectivity index (χ4n) is 2.94. The number of aliphatic carboxylic acids is 1. The van der Waals surface area contributed by atoms with E-state index in [0.717, 1.165) is 43.4 Å². The number of amides is 1. The van der Waals surface area contributed by atoms with Crippen molar-refractivity contribution in [3.05, 3.63) is 50.8 Å². The lowest BCUT2D eigenvalue weighted by atomic mass is 10.1. The minimum absolute atomic E-state index is 0.147. The number of nitrogens with zero attached hydrogens (tertiary/aromatic N) is 2. The molecule has 0 radical (unpaired) electrons. The third-order valence-corrected chi connectivity index (χ3v) is 5.38. The van der Waals surface area contributed by atoms with Gasteiger partial charge in [-0.3, -0.25) is 9.59 Å². The van der Waals surface area contributed by atoms with Crippen LogP contribution in [0.1, 0.15) is 45.8 Å². The summed E-state index contributed by atoms with van der Waals surface area (Å²) >= 11 is 1.46. The summed E-state index contributed by atoms with van der Waals surface area (Å²) in [6.45, 7) is 1.81. The van der Waals surface area contributed by atoms with Crippen LogP contribution in [-0.4, -0.2) is 21.6 Å². The van der Waals surface area contributed by atoms with E-state index in [2.05, 4.69) is 4.99 Å². The Balaban J connectivity index is 2.04. The molecule has 0 spiro atoms. The number of carboxylic acid groups (broad SMARTS) is 1. The molecule has 0 atom stereocenters. The number of rotatable bonds is 3. The van der Waals surface area contributed by atoms with E-state index < -0.39 is 5.97 Å². The van der Waals surface area contributed by atoms with Crippen LogP contribution in [0.4, 0.5) is 0 Å². The maximum absolute atomic E-state index is 12.4. The molecular weight excluding hydrogens is 324 g/mol. The molecule has 0 bridgehead atoms. The Hall–Kier alpha value is -2.21. The molecule has 1 aromatic carbocycles. The van der Waals surface area contributed by atoms with E-state index >= 15 is 0 Å². The van der Waals surface area contributed by atoms with Gasteiger partial charge in [0.05, 0.1) is 0 Å². The molecule has 1 aliphatic carbocycles. The minimum Gasteiger partial charge on any atom is -0.480 e. The van der Waals surface area contributed by atoms with E-state index in [1.807, 2.05) is 19.1 Å². The molecule has 0 saturated carbocycles. The predicted molar refractivity (Wildman–Crippen MR) is 92.3 cm³/mol. The highest BCUT2D eigenvalue weighted by Gasteiger charge is 2.18. The Kier molecular flexibility index (Phi) is 4.94. The molecule has 0 fully saturated rings. The predicted octanol–water partition coefficient (Wildman–Crippen LogP) is 2.95. The second-order valence-corrected chi connectivity index (χ2v) is 7.14. The molecule has 3 rings (SSSR count). The number of fused-ring (bicyclic) bond motifs is 1. The van der Waals surface area contributed by atoms with Gasteiger partial charge in [0.15, 0.2) is 4.80 Å². The zero-order valence-corrected chi connectivity index (χ0v) is 14.4. The van der Waals surface area contributed by atoms with Gasteiger partial charge in [0.25, 0.3) is 5.91 Å². The quantitative estimate of drug-likeness (QED) is 0.870. The van der Waals surface area contributed by atoms with Gasteiger partial charge in [0, 0.05) is 16.1 Å². The number of carboxylic acids is 1. The first-order valence-corrected chi connectivity index (χ1v) is 8.95. The summed E-state index contributed by atoms with van der Waals surface area (Å²) in [7, 11) is 0. The van der Waals surface area contributed by atoms with Crippen LogP contribution in [0.2, 0.25) is 0 Å². The maximum atomic E-state index is 12.4. The number of benzene rings is 1. The Morgan fingerprint density at radius 1 is 1.17 bits per heavy atom. The molecule has 0 saturated heterocycles. The molecule has 6 heteroatoms. The normalized spacial score (nSPS) is 15.0. The van der Waals surface area contributed by atoms with Crippen LogP contribution >= 0.6 is 11.3 Å². The maximum Gasteiger partial charge on any atom is 0.323 e. The van der Waals surface area contributed by atoms with Gasteiger partial charge >= 0.3 is 5.97 Å². The van der Waals surface area contributed by atoms with Crippen LogP contribution in [-0.2, 0) is 24.2 Å². The Bertz CT molecular complexity index is 831.